The molecule has 2 amide bonds. The van der Waals surface area contributed by atoms with Gasteiger partial charge in [-0.3, -0.25) is 9.59 Å². The topological polar surface area (TPSA) is 67.9 Å². The van der Waals surface area contributed by atoms with Crippen LogP contribution in [0.4, 0.5) is 0 Å². The number of hydrogen-bond donors (Lipinski definition) is 1. The number of likely N-dealkylation sites (N-methyl/N-ethyl adjacent to an activating group) is 1. The number of hydrogen-bond acceptors (Lipinski definition) is 4. The van der Waals surface area contributed by atoms with Crippen LogP contribution in [0.3, 0.4) is 0 Å². The molecule has 0 aliphatic carbocycles. The van der Waals surface area contributed by atoms with Gasteiger partial charge in [-0.2, -0.15) is 0 Å². The molecule has 0 aliphatic heterocycles. The number of ether oxygens (including phenoxy) is 2. The van der Waals surface area contributed by atoms with Crippen molar-refractivity contribution < 1.29 is 19.1 Å². The Balaban J connectivity index is 2.64. The minimum Gasteiger partial charge on any atom is -0.497 e. The average molecular weight is 280 g/mol. The molecule has 1 N–H and O–H groups in total. The van der Waals surface area contributed by atoms with Gasteiger partial charge in [0.25, 0.3) is 0 Å². The minimum atomic E-state index is -0.233. The standard InChI is InChI=1S/C14H20N2O4/c1-16(2)14(18)9-15-13(17)7-10-5-6-11(19-3)8-12(10)20-4/h5-6,8H,7,9H2,1-4H3,(H,15,17). The maximum absolute atomic E-state index is 11.8. The highest BCUT2D eigenvalue weighted by molar-refractivity contribution is 5.85. The van der Waals surface area contributed by atoms with Crippen molar-refractivity contribution in [2.75, 3.05) is 34.9 Å². The van der Waals surface area contributed by atoms with Crippen molar-refractivity contribution in [3.05, 3.63) is 23.8 Å². The summed E-state index contributed by atoms with van der Waals surface area (Å²) in [5.74, 6) is 0.857. The van der Waals surface area contributed by atoms with E-state index in [1.807, 2.05) is 0 Å². The van der Waals surface area contributed by atoms with Crippen molar-refractivity contribution in [3.63, 3.8) is 0 Å². The van der Waals surface area contributed by atoms with Gasteiger partial charge in [0.15, 0.2) is 0 Å². The first-order chi connectivity index (χ1) is 9.47. The Kier molecular flexibility index (Phi) is 5.83. The Morgan fingerprint density at radius 3 is 2.45 bits per heavy atom. The van der Waals surface area contributed by atoms with Crippen LogP contribution < -0.4 is 14.8 Å². The van der Waals surface area contributed by atoms with Crippen LogP contribution >= 0.6 is 0 Å². The third-order valence-electron chi connectivity index (χ3n) is 2.78. The molecule has 110 valence electrons. The van der Waals surface area contributed by atoms with Gasteiger partial charge < -0.3 is 19.7 Å². The van der Waals surface area contributed by atoms with E-state index in [4.69, 9.17) is 9.47 Å². The Morgan fingerprint density at radius 2 is 1.90 bits per heavy atom. The van der Waals surface area contributed by atoms with Crippen molar-refractivity contribution in [1.82, 2.24) is 10.2 Å². The molecule has 0 spiro atoms. The van der Waals surface area contributed by atoms with Crippen LogP contribution in [0.5, 0.6) is 11.5 Å². The fourth-order valence-corrected chi connectivity index (χ4v) is 1.57. The Labute approximate surface area is 118 Å². The van der Waals surface area contributed by atoms with Gasteiger partial charge >= 0.3 is 0 Å². The predicted octanol–water partition coefficient (Wildman–Crippen LogP) is 0.451. The van der Waals surface area contributed by atoms with Crippen molar-refractivity contribution in [2.24, 2.45) is 0 Å². The first kappa shape index (κ1) is 15.8. The second-order valence-corrected chi connectivity index (χ2v) is 4.42. The molecule has 0 fully saturated rings. The lowest BCUT2D eigenvalue weighted by atomic mass is 10.1. The SMILES string of the molecule is COc1ccc(CC(=O)NCC(=O)N(C)C)c(OC)c1. The van der Waals surface area contributed by atoms with Crippen LogP contribution in [0.2, 0.25) is 0 Å². The molecule has 1 aromatic rings. The summed E-state index contributed by atoms with van der Waals surface area (Å²) in [5, 5.41) is 2.58. The van der Waals surface area contributed by atoms with E-state index in [1.54, 1.807) is 39.4 Å². The third-order valence-corrected chi connectivity index (χ3v) is 2.78. The fraction of sp³-hybridized carbons (Fsp3) is 0.429. The second-order valence-electron chi connectivity index (χ2n) is 4.42. The second kappa shape index (κ2) is 7.37. The summed E-state index contributed by atoms with van der Waals surface area (Å²) < 4.78 is 10.3. The van der Waals surface area contributed by atoms with Gasteiger partial charge in [0.1, 0.15) is 11.5 Å². The molecule has 0 atom stereocenters. The lowest BCUT2D eigenvalue weighted by Gasteiger charge is -2.12. The summed E-state index contributed by atoms with van der Waals surface area (Å²) >= 11 is 0. The fourth-order valence-electron chi connectivity index (χ4n) is 1.57. The van der Waals surface area contributed by atoms with Crippen LogP contribution in [0.15, 0.2) is 18.2 Å². The molecule has 0 aromatic heterocycles. The number of nitrogens with one attached hydrogen (secondary N) is 1. The third kappa shape index (κ3) is 4.46. The van der Waals surface area contributed by atoms with E-state index < -0.39 is 0 Å². The van der Waals surface area contributed by atoms with Crippen LogP contribution in [0, 0.1) is 0 Å². The summed E-state index contributed by atoms with van der Waals surface area (Å²) in [6.07, 6.45) is 0.147. The maximum atomic E-state index is 11.8. The van der Waals surface area contributed by atoms with E-state index in [1.165, 1.54) is 12.0 Å². The number of methoxy groups -OCH3 is 2. The number of benzene rings is 1. The zero-order valence-electron chi connectivity index (χ0n) is 12.2. The van der Waals surface area contributed by atoms with Crippen molar-refractivity contribution in [1.29, 1.82) is 0 Å². The van der Waals surface area contributed by atoms with Crippen LogP contribution in [-0.2, 0) is 16.0 Å². The highest BCUT2D eigenvalue weighted by atomic mass is 16.5. The molecular formula is C14H20N2O4. The highest BCUT2D eigenvalue weighted by Crippen LogP contribution is 2.24. The summed E-state index contributed by atoms with van der Waals surface area (Å²) in [6.45, 7) is -0.00962. The molecule has 0 aliphatic rings. The van der Waals surface area contributed by atoms with Gasteiger partial charge in [-0.05, 0) is 6.07 Å². The first-order valence-electron chi connectivity index (χ1n) is 6.15. The van der Waals surface area contributed by atoms with Crippen LogP contribution in [0.1, 0.15) is 5.56 Å². The number of carbonyl (C=O) groups is 2. The quantitative estimate of drug-likeness (QED) is 0.821. The van der Waals surface area contributed by atoms with Gasteiger partial charge in [0, 0.05) is 25.7 Å². The van der Waals surface area contributed by atoms with Gasteiger partial charge in [0.05, 0.1) is 27.2 Å². The largest absolute Gasteiger partial charge is 0.497 e. The summed E-state index contributed by atoms with van der Waals surface area (Å²) in [7, 11) is 6.38. The molecule has 1 rings (SSSR count). The van der Waals surface area contributed by atoms with Crippen molar-refractivity contribution in [3.8, 4) is 11.5 Å². The van der Waals surface area contributed by atoms with Gasteiger partial charge in [-0.1, -0.05) is 6.07 Å². The number of carbonyl (C=O) groups excluding carboxylic acids is 2. The Morgan fingerprint density at radius 1 is 1.20 bits per heavy atom. The molecule has 0 bridgehead atoms. The van der Waals surface area contributed by atoms with Crippen molar-refractivity contribution in [2.45, 2.75) is 6.42 Å². The van der Waals surface area contributed by atoms with Gasteiger partial charge in [-0.15, -0.1) is 0 Å². The lowest BCUT2D eigenvalue weighted by Crippen LogP contribution is -2.36. The maximum Gasteiger partial charge on any atom is 0.241 e. The molecule has 0 saturated carbocycles. The zero-order valence-corrected chi connectivity index (χ0v) is 12.2. The van der Waals surface area contributed by atoms with E-state index in [-0.39, 0.29) is 24.8 Å². The molecule has 1 aromatic carbocycles. The molecule has 0 saturated heterocycles. The van der Waals surface area contributed by atoms with Crippen molar-refractivity contribution >= 4 is 11.8 Å². The summed E-state index contributed by atoms with van der Waals surface area (Å²) in [5.41, 5.74) is 0.739. The smallest absolute Gasteiger partial charge is 0.241 e. The molecule has 6 nitrogen and oxygen atoms in total. The molecule has 20 heavy (non-hydrogen) atoms. The monoisotopic (exact) mass is 280 g/mol. The van der Waals surface area contributed by atoms with E-state index in [2.05, 4.69) is 5.32 Å². The normalized spacial score (nSPS) is 9.80. The minimum absolute atomic E-state index is 0.00962. The van der Waals surface area contributed by atoms with E-state index >= 15 is 0 Å². The number of amides is 2. The van der Waals surface area contributed by atoms with Gasteiger partial charge in [0.2, 0.25) is 11.8 Å². The Hall–Kier alpha value is -2.24. The van der Waals surface area contributed by atoms with Crippen LogP contribution in [0.25, 0.3) is 0 Å². The van der Waals surface area contributed by atoms with E-state index in [0.717, 1.165) is 5.56 Å². The molecule has 0 heterocycles. The number of nitrogens with zero attached hydrogens (tertiary/aromatic N) is 1. The summed E-state index contributed by atoms with van der Waals surface area (Å²) in [4.78, 5) is 24.6. The molecule has 6 heteroatoms. The molecule has 0 unspecified atom stereocenters. The van der Waals surface area contributed by atoms with E-state index in [9.17, 15) is 9.59 Å². The molecule has 0 radical (unpaired) electrons. The lowest BCUT2D eigenvalue weighted by molar-refractivity contribution is -0.130. The first-order valence-corrected chi connectivity index (χ1v) is 6.15. The molecular weight excluding hydrogens is 260 g/mol. The summed E-state index contributed by atoms with van der Waals surface area (Å²) in [6, 6.07) is 5.24. The Bertz CT molecular complexity index is 486. The highest BCUT2D eigenvalue weighted by Gasteiger charge is 2.11. The number of rotatable bonds is 6. The average Bonchev–Trinajstić information content (AvgIpc) is 2.44. The van der Waals surface area contributed by atoms with Gasteiger partial charge in [-0.25, -0.2) is 0 Å². The predicted molar refractivity (Wildman–Crippen MR) is 75.0 cm³/mol. The van der Waals surface area contributed by atoms with Crippen LogP contribution in [-0.4, -0.2) is 51.6 Å². The van der Waals surface area contributed by atoms with E-state index in [0.29, 0.717) is 11.5 Å². The zero-order chi connectivity index (χ0) is 15.1.